The molecule has 0 aromatic carbocycles. The molecular weight excluding hydrogens is 533 g/mol. The summed E-state index contributed by atoms with van der Waals surface area (Å²) in [7, 11) is 0. The molecule has 0 aliphatic rings. The van der Waals surface area contributed by atoms with Crippen LogP contribution in [0.1, 0.15) is 0 Å². The zero-order valence-corrected chi connectivity index (χ0v) is 16.1. The van der Waals surface area contributed by atoms with Gasteiger partial charge in [-0.3, -0.25) is 0 Å². The summed E-state index contributed by atoms with van der Waals surface area (Å²) in [4.78, 5) is 0. The summed E-state index contributed by atoms with van der Waals surface area (Å²) in [6.07, 6.45) is 0. The van der Waals surface area contributed by atoms with E-state index in [9.17, 15) is 0 Å². The van der Waals surface area contributed by atoms with Crippen molar-refractivity contribution in [3.8, 4) is 0 Å². The van der Waals surface area contributed by atoms with E-state index in [0.717, 1.165) is 0 Å². The van der Waals surface area contributed by atoms with Crippen molar-refractivity contribution in [2.45, 2.75) is 0 Å². The Morgan fingerprint density at radius 1 is 1.00 bits per heavy atom. The van der Waals surface area contributed by atoms with Gasteiger partial charge in [0.1, 0.15) is 0 Å². The molecule has 0 aliphatic heterocycles. The second-order valence-corrected chi connectivity index (χ2v) is 0. The SMILES string of the molecule is [Pb].[Sb+3].[Ti+2].[Zn+2].[Zr+2]. The van der Waals surface area contributed by atoms with Crippen molar-refractivity contribution in [2.24, 2.45) is 0 Å². The van der Waals surface area contributed by atoms with Crippen molar-refractivity contribution in [1.29, 1.82) is 0 Å². The maximum Gasteiger partial charge on any atom is 3.00 e. The molecule has 10 valence electrons. The van der Waals surface area contributed by atoms with Crippen LogP contribution in [0.2, 0.25) is 0 Å². The van der Waals surface area contributed by atoms with Gasteiger partial charge in [0.05, 0.1) is 0 Å². The Morgan fingerprint density at radius 2 is 1.00 bits per heavy atom. The zero-order valence-electron chi connectivity index (χ0n) is 2.65. The van der Waals surface area contributed by atoms with Gasteiger partial charge in [-0.05, 0) is 0 Å². The molecular formula is PbSbTiZnZr+9. The Hall–Kier alpha value is 3.96. The monoisotopic (exact) mass is 531 g/mol. The van der Waals surface area contributed by atoms with Crippen LogP contribution in [0, 0.1) is 0 Å². The van der Waals surface area contributed by atoms with Gasteiger partial charge in [0.15, 0.2) is 0 Å². The maximum absolute atomic E-state index is 0. The average Bonchev–Trinajstić information content (AvgIpc) is 0. The van der Waals surface area contributed by atoms with Gasteiger partial charge in [-0.2, -0.15) is 0 Å². The second kappa shape index (κ2) is 24.6. The zero-order chi connectivity index (χ0) is 0. The normalized spacial score (nSPS) is 0. The first kappa shape index (κ1) is 36.2. The maximum atomic E-state index is 0. The number of rotatable bonds is 0. The van der Waals surface area contributed by atoms with Crippen LogP contribution in [0.3, 0.4) is 0 Å². The van der Waals surface area contributed by atoms with Gasteiger partial charge in [0, 0.05) is 27.3 Å². The van der Waals surface area contributed by atoms with Gasteiger partial charge in [-0.25, -0.2) is 0 Å². The number of hydrogen-bond donors (Lipinski definition) is 0. The third-order valence-corrected chi connectivity index (χ3v) is 0. The Labute approximate surface area is 116 Å². The Bertz CT molecular complexity index is 11.6. The van der Waals surface area contributed by atoms with E-state index < -0.39 is 0 Å². The van der Waals surface area contributed by atoms with E-state index in [1.807, 2.05) is 0 Å². The molecule has 0 fully saturated rings. The fourth-order valence-electron chi connectivity index (χ4n) is 0. The summed E-state index contributed by atoms with van der Waals surface area (Å²) in [6, 6.07) is 0. The van der Waals surface area contributed by atoms with E-state index in [-0.39, 0.29) is 119 Å². The van der Waals surface area contributed by atoms with Gasteiger partial charge < -0.3 is 0 Å². The molecule has 0 nitrogen and oxygen atoms in total. The van der Waals surface area contributed by atoms with Crippen LogP contribution in [0.5, 0.6) is 0 Å². The van der Waals surface area contributed by atoms with Crippen LogP contribution in [0.25, 0.3) is 0 Å². The molecule has 0 rings (SSSR count). The van der Waals surface area contributed by atoms with Gasteiger partial charge in [0.2, 0.25) is 0 Å². The first-order valence-corrected chi connectivity index (χ1v) is 0. The third-order valence-electron chi connectivity index (χ3n) is 0. The Balaban J connectivity index is 0. The molecule has 5 heavy (non-hydrogen) atoms. The van der Waals surface area contributed by atoms with Crippen molar-refractivity contribution < 1.29 is 67.4 Å². The Kier molecular flexibility index (Phi) is 178. The minimum absolute atomic E-state index is 0. The van der Waals surface area contributed by atoms with Crippen LogP contribution in [0.15, 0.2) is 0 Å². The average molecular weight is 533 g/mol. The molecule has 0 saturated carbocycles. The fourth-order valence-corrected chi connectivity index (χ4v) is 0. The topological polar surface area (TPSA) is 0 Å². The van der Waals surface area contributed by atoms with E-state index in [1.54, 1.807) is 0 Å². The predicted molar refractivity (Wildman–Crippen MR) is 11.5 cm³/mol. The molecule has 0 atom stereocenters. The molecule has 0 N–H and O–H groups in total. The first-order valence-electron chi connectivity index (χ1n) is 0. The largest absolute Gasteiger partial charge is 3.00 e. The van der Waals surface area contributed by atoms with Gasteiger partial charge in [-0.15, -0.1) is 0 Å². The Morgan fingerprint density at radius 3 is 1.00 bits per heavy atom. The van der Waals surface area contributed by atoms with Crippen LogP contribution in [-0.4, -0.2) is 51.7 Å². The van der Waals surface area contributed by atoms with Crippen LogP contribution < -0.4 is 0 Å². The smallest absolute Gasteiger partial charge is 0 e. The standard InChI is InChI=1S/Pb.Sb.Ti.Zn.Zr/q;+3;3*+2. The molecule has 0 aromatic heterocycles. The number of hydrogen-bond acceptors (Lipinski definition) is 0. The molecule has 5 heteroatoms. The van der Waals surface area contributed by atoms with Gasteiger partial charge >= 0.3 is 91.8 Å². The molecule has 0 aliphatic carbocycles. The quantitative estimate of drug-likeness (QED) is 0.359. The minimum Gasteiger partial charge on any atom is 0 e. The molecule has 0 amide bonds. The summed E-state index contributed by atoms with van der Waals surface area (Å²) >= 11 is 0. The summed E-state index contributed by atoms with van der Waals surface area (Å²) < 4.78 is 0. The molecule has 0 saturated heterocycles. The molecule has 0 spiro atoms. The van der Waals surface area contributed by atoms with E-state index >= 15 is 0 Å². The summed E-state index contributed by atoms with van der Waals surface area (Å²) in [5, 5.41) is 0. The molecule has 0 heterocycles. The van der Waals surface area contributed by atoms with Crippen molar-refractivity contribution >= 4 is 51.7 Å². The van der Waals surface area contributed by atoms with Gasteiger partial charge in [-0.1, -0.05) is 0 Å². The van der Waals surface area contributed by atoms with Crippen molar-refractivity contribution in [2.75, 3.05) is 0 Å². The second-order valence-electron chi connectivity index (χ2n) is 0. The summed E-state index contributed by atoms with van der Waals surface area (Å²) in [5.74, 6) is 0. The molecule has 0 bridgehead atoms. The van der Waals surface area contributed by atoms with Crippen LogP contribution in [-0.2, 0) is 67.4 Å². The molecule has 6 radical (unpaired) electrons. The van der Waals surface area contributed by atoms with E-state index in [0.29, 0.717) is 0 Å². The minimum atomic E-state index is 0. The van der Waals surface area contributed by atoms with E-state index in [1.165, 1.54) is 0 Å². The van der Waals surface area contributed by atoms with Crippen molar-refractivity contribution in [3.05, 3.63) is 0 Å². The van der Waals surface area contributed by atoms with E-state index in [4.69, 9.17) is 0 Å². The fraction of sp³-hybridized carbons (Fsp3) is 0. The predicted octanol–water partition coefficient (Wildman–Crippen LogP) is -0.769. The summed E-state index contributed by atoms with van der Waals surface area (Å²) in [6.45, 7) is 0. The summed E-state index contributed by atoms with van der Waals surface area (Å²) in [5.41, 5.74) is 0. The van der Waals surface area contributed by atoms with E-state index in [2.05, 4.69) is 0 Å². The van der Waals surface area contributed by atoms with Crippen LogP contribution in [0.4, 0.5) is 0 Å². The van der Waals surface area contributed by atoms with Crippen molar-refractivity contribution in [1.82, 2.24) is 0 Å². The molecule has 0 unspecified atom stereocenters. The van der Waals surface area contributed by atoms with Gasteiger partial charge in [0.25, 0.3) is 0 Å². The molecule has 0 aromatic rings. The third kappa shape index (κ3) is 18.0. The van der Waals surface area contributed by atoms with Crippen LogP contribution >= 0.6 is 0 Å². The first-order chi connectivity index (χ1) is 0. The van der Waals surface area contributed by atoms with Crippen molar-refractivity contribution in [3.63, 3.8) is 0 Å².